The molecule has 9 N–H and O–H groups in total. The first-order valence-corrected chi connectivity index (χ1v) is 13.7. The quantitative estimate of drug-likeness (QED) is 0.179. The Kier molecular flexibility index (Phi) is 7.51. The first-order chi connectivity index (χ1) is 17.6. The van der Waals surface area contributed by atoms with Crippen LogP contribution in [0.4, 0.5) is 0 Å². The van der Waals surface area contributed by atoms with E-state index in [9.17, 15) is 24.9 Å². The van der Waals surface area contributed by atoms with Gasteiger partial charge >= 0.3 is 11.9 Å². The summed E-state index contributed by atoms with van der Waals surface area (Å²) in [4.78, 5) is 24.7. The Bertz CT molecular complexity index is 1080. The van der Waals surface area contributed by atoms with Crippen molar-refractivity contribution in [3.63, 3.8) is 0 Å². The molecular weight excluding hydrogens is 486 g/mol. The Morgan fingerprint density at radius 2 is 1.76 bits per heavy atom. The number of esters is 1. The summed E-state index contributed by atoms with van der Waals surface area (Å²) in [6.45, 7) is 9.30. The molecule has 0 bridgehead atoms. The normalized spacial score (nSPS) is 47.5. The lowest BCUT2D eigenvalue weighted by molar-refractivity contribution is -0.196. The maximum absolute atomic E-state index is 12.5. The smallest absolute Gasteiger partial charge is 0.335 e. The van der Waals surface area contributed by atoms with Crippen LogP contribution in [0.2, 0.25) is 0 Å². The SMILES string of the molecule is CC(=O)O[C@H]1C[C@@]2(C)[C@@H](C[C@@H](O)[C@H]3[C@@]4(C)C[C@H](N)[C@@H](O)[C@@H](N)[C@@H]4CC[C@@]32N)/C1=C(\C=C/C=C(C)C)C(=O)O. The van der Waals surface area contributed by atoms with Crippen molar-refractivity contribution in [1.82, 2.24) is 0 Å². The highest BCUT2D eigenvalue weighted by molar-refractivity contribution is 5.91. The fourth-order valence-corrected chi connectivity index (χ4v) is 8.96. The summed E-state index contributed by atoms with van der Waals surface area (Å²) in [6.07, 6.45) is 4.97. The first kappa shape index (κ1) is 29.0. The zero-order valence-corrected chi connectivity index (χ0v) is 23.2. The largest absolute Gasteiger partial charge is 0.478 e. The average molecular weight is 532 g/mol. The minimum atomic E-state index is -1.11. The zero-order chi connectivity index (χ0) is 28.4. The number of allylic oxidation sites excluding steroid dienone is 3. The van der Waals surface area contributed by atoms with E-state index >= 15 is 0 Å². The number of carbonyl (C=O) groups excluding carboxylic acids is 1. The van der Waals surface area contributed by atoms with Gasteiger partial charge in [-0.1, -0.05) is 31.6 Å². The van der Waals surface area contributed by atoms with Crippen molar-refractivity contribution in [1.29, 1.82) is 0 Å². The Hall–Kier alpha value is -2.04. The molecule has 0 heterocycles. The molecule has 0 radical (unpaired) electrons. The van der Waals surface area contributed by atoms with Crippen LogP contribution in [0.15, 0.2) is 34.9 Å². The molecule has 0 spiro atoms. The lowest BCUT2D eigenvalue weighted by atomic mass is 9.39. The van der Waals surface area contributed by atoms with E-state index in [0.717, 1.165) is 5.57 Å². The van der Waals surface area contributed by atoms with Crippen LogP contribution in [0, 0.1) is 28.6 Å². The summed E-state index contributed by atoms with van der Waals surface area (Å²) in [5.74, 6) is -2.44. The molecule has 0 saturated heterocycles. The molecular formula is C29H45N3O6. The van der Waals surface area contributed by atoms with E-state index in [1.807, 2.05) is 19.9 Å². The van der Waals surface area contributed by atoms with Crippen LogP contribution in [0.1, 0.15) is 66.7 Å². The van der Waals surface area contributed by atoms with Crippen molar-refractivity contribution in [3.05, 3.63) is 34.9 Å². The molecule has 11 atom stereocenters. The Morgan fingerprint density at radius 3 is 2.34 bits per heavy atom. The van der Waals surface area contributed by atoms with Gasteiger partial charge in [0.2, 0.25) is 0 Å². The van der Waals surface area contributed by atoms with Crippen molar-refractivity contribution < 1.29 is 29.6 Å². The molecule has 4 saturated carbocycles. The fraction of sp³-hybridized carbons (Fsp3) is 0.724. The number of fused-ring (bicyclic) bond motifs is 5. The highest BCUT2D eigenvalue weighted by Crippen LogP contribution is 2.69. The Labute approximate surface area is 225 Å². The first-order valence-electron chi connectivity index (χ1n) is 13.7. The number of hydrogen-bond donors (Lipinski definition) is 6. The molecule has 212 valence electrons. The van der Waals surface area contributed by atoms with Crippen LogP contribution in [-0.2, 0) is 14.3 Å². The van der Waals surface area contributed by atoms with Gasteiger partial charge in [0.25, 0.3) is 0 Å². The number of ether oxygens (including phenoxy) is 1. The van der Waals surface area contributed by atoms with Crippen LogP contribution < -0.4 is 17.2 Å². The topological polar surface area (TPSA) is 182 Å². The Balaban J connectivity index is 1.87. The minimum Gasteiger partial charge on any atom is -0.478 e. The molecule has 0 aromatic heterocycles. The number of nitrogens with two attached hydrogens (primary N) is 3. The molecule has 9 heteroatoms. The molecule has 4 aliphatic carbocycles. The third-order valence-electron chi connectivity index (χ3n) is 10.5. The number of rotatable bonds is 4. The van der Waals surface area contributed by atoms with E-state index < -0.39 is 64.6 Å². The average Bonchev–Trinajstić information content (AvgIpc) is 3.06. The number of aliphatic carboxylic acids is 1. The molecule has 4 aliphatic rings. The summed E-state index contributed by atoms with van der Waals surface area (Å²) in [5.41, 5.74) is 19.8. The van der Waals surface area contributed by atoms with Crippen LogP contribution in [0.25, 0.3) is 0 Å². The molecule has 0 unspecified atom stereocenters. The summed E-state index contributed by atoms with van der Waals surface area (Å²) < 4.78 is 5.76. The standard InChI is InChI=1S/C29H45N3O6/c1-14(2)7-6-8-16(26(36)37)22-18-11-20(34)25-27(4)12-19(30)24(35)23(31)17(27)9-10-29(25,32)28(18,5)13-21(22)38-15(3)33/h6-8,17-21,23-25,34-35H,9-13,30-32H2,1-5H3,(H,36,37)/b8-6-,22-16-/t17-,18-,19-,20+,21-,23-,24+,25-,27-,28-,29+/m0/s1. The third kappa shape index (κ3) is 4.27. The highest BCUT2D eigenvalue weighted by Gasteiger charge is 2.72. The van der Waals surface area contributed by atoms with Gasteiger partial charge in [0.1, 0.15) is 6.10 Å². The highest BCUT2D eigenvalue weighted by atomic mass is 16.5. The van der Waals surface area contributed by atoms with Crippen molar-refractivity contribution in [2.45, 2.75) is 103 Å². The fourth-order valence-electron chi connectivity index (χ4n) is 8.96. The number of hydrogen-bond acceptors (Lipinski definition) is 8. The van der Waals surface area contributed by atoms with Gasteiger partial charge in [0, 0.05) is 30.5 Å². The molecule has 38 heavy (non-hydrogen) atoms. The van der Waals surface area contributed by atoms with Crippen LogP contribution in [-0.4, -0.2) is 63.2 Å². The second-order valence-electron chi connectivity index (χ2n) is 13.0. The molecule has 0 amide bonds. The van der Waals surface area contributed by atoms with E-state index in [0.29, 0.717) is 31.3 Å². The predicted molar refractivity (Wildman–Crippen MR) is 143 cm³/mol. The lowest BCUT2D eigenvalue weighted by Crippen LogP contribution is -2.76. The summed E-state index contributed by atoms with van der Waals surface area (Å²) in [6, 6.07) is -1.05. The summed E-state index contributed by atoms with van der Waals surface area (Å²) in [5, 5.41) is 32.7. The Morgan fingerprint density at radius 1 is 1.11 bits per heavy atom. The molecule has 4 rings (SSSR count). The maximum atomic E-state index is 12.5. The van der Waals surface area contributed by atoms with Gasteiger partial charge in [-0.25, -0.2) is 4.79 Å². The van der Waals surface area contributed by atoms with Gasteiger partial charge in [-0.05, 0) is 80.3 Å². The molecule has 0 aromatic carbocycles. The molecule has 4 fully saturated rings. The van der Waals surface area contributed by atoms with Gasteiger partial charge in [-0.15, -0.1) is 0 Å². The third-order valence-corrected chi connectivity index (χ3v) is 10.5. The van der Waals surface area contributed by atoms with E-state index in [-0.39, 0.29) is 23.8 Å². The number of carbonyl (C=O) groups is 2. The van der Waals surface area contributed by atoms with Gasteiger partial charge in [0.15, 0.2) is 0 Å². The van der Waals surface area contributed by atoms with Gasteiger partial charge in [-0.2, -0.15) is 0 Å². The summed E-state index contributed by atoms with van der Waals surface area (Å²) >= 11 is 0. The van der Waals surface area contributed by atoms with Crippen LogP contribution in [0.3, 0.4) is 0 Å². The van der Waals surface area contributed by atoms with Crippen molar-refractivity contribution in [2.75, 3.05) is 0 Å². The zero-order valence-electron chi connectivity index (χ0n) is 23.2. The number of aliphatic hydroxyl groups is 2. The predicted octanol–water partition coefficient (Wildman–Crippen LogP) is 1.76. The van der Waals surface area contributed by atoms with Crippen molar-refractivity contribution >= 4 is 11.9 Å². The van der Waals surface area contributed by atoms with E-state index in [1.54, 1.807) is 12.2 Å². The second kappa shape index (κ2) is 9.86. The number of carboxylic acid groups (broad SMARTS) is 1. The van der Waals surface area contributed by atoms with Gasteiger partial charge < -0.3 is 37.3 Å². The van der Waals surface area contributed by atoms with Crippen molar-refractivity contribution in [2.24, 2.45) is 45.8 Å². The minimum absolute atomic E-state index is 0.0592. The number of aliphatic hydroxyl groups excluding tert-OH is 2. The molecule has 9 nitrogen and oxygen atoms in total. The monoisotopic (exact) mass is 531 g/mol. The second-order valence-corrected chi connectivity index (χ2v) is 13.0. The van der Waals surface area contributed by atoms with Crippen LogP contribution >= 0.6 is 0 Å². The molecule has 0 aliphatic heterocycles. The van der Waals surface area contributed by atoms with Crippen molar-refractivity contribution in [3.8, 4) is 0 Å². The van der Waals surface area contributed by atoms with Gasteiger partial charge in [-0.3, -0.25) is 4.79 Å². The summed E-state index contributed by atoms with van der Waals surface area (Å²) in [7, 11) is 0. The molecule has 0 aromatic rings. The van der Waals surface area contributed by atoms with Crippen LogP contribution in [0.5, 0.6) is 0 Å². The van der Waals surface area contributed by atoms with Gasteiger partial charge in [0.05, 0.1) is 17.8 Å². The van der Waals surface area contributed by atoms with E-state index in [4.69, 9.17) is 21.9 Å². The van der Waals surface area contributed by atoms with E-state index in [1.165, 1.54) is 6.92 Å². The maximum Gasteiger partial charge on any atom is 0.335 e. The number of carboxylic acids is 1. The van der Waals surface area contributed by atoms with E-state index in [2.05, 4.69) is 13.8 Å². The lowest BCUT2D eigenvalue weighted by Gasteiger charge is -2.68.